The van der Waals surface area contributed by atoms with Gasteiger partial charge in [0.05, 0.1) is 0 Å². The highest BCUT2D eigenvalue weighted by Crippen LogP contribution is 2.45. The number of hydrogen-bond donors (Lipinski definition) is 1. The first-order valence-corrected chi connectivity index (χ1v) is 6.57. The first kappa shape index (κ1) is 16.1. The van der Waals surface area contributed by atoms with Gasteiger partial charge >= 0.3 is 11.7 Å². The number of aromatic nitrogens is 1. The summed E-state index contributed by atoms with van der Waals surface area (Å²) >= 11 is 4.85. The molecule has 2 rings (SSSR count). The van der Waals surface area contributed by atoms with Gasteiger partial charge in [0.2, 0.25) is 0 Å². The Bertz CT molecular complexity index is 629. The van der Waals surface area contributed by atoms with Gasteiger partial charge in [0.25, 0.3) is 0 Å². The minimum absolute atomic E-state index is 0.0641. The number of H-pyrrole nitrogens is 1. The van der Waals surface area contributed by atoms with Crippen molar-refractivity contribution in [3.05, 3.63) is 41.0 Å². The van der Waals surface area contributed by atoms with Gasteiger partial charge in [-0.05, 0) is 35.5 Å². The summed E-state index contributed by atoms with van der Waals surface area (Å²) in [5, 5.41) is 0.367. The number of rotatable bonds is 2. The van der Waals surface area contributed by atoms with Crippen LogP contribution in [0, 0.1) is 0 Å². The number of benzene rings is 1. The molecule has 0 atom stereocenters. The molecule has 0 saturated heterocycles. The Morgan fingerprint density at radius 3 is 2.00 bits per heavy atom. The predicted octanol–water partition coefficient (Wildman–Crippen LogP) is 5.97. The third kappa shape index (κ3) is 4.10. The highest BCUT2D eigenvalue weighted by molar-refractivity contribution is 8.00. The van der Waals surface area contributed by atoms with E-state index in [0.717, 1.165) is 6.07 Å². The number of aromatic amines is 1. The first-order chi connectivity index (χ1) is 9.56. The highest BCUT2D eigenvalue weighted by atomic mass is 35.5. The molecule has 114 valence electrons. The number of alkyl halides is 6. The summed E-state index contributed by atoms with van der Waals surface area (Å²) < 4.78 is 75.4. The maximum absolute atomic E-state index is 12.8. The van der Waals surface area contributed by atoms with E-state index in [9.17, 15) is 26.3 Å². The summed E-state index contributed by atoms with van der Waals surface area (Å²) in [5.41, 5.74) is -5.99. The SMILES string of the molecule is FC(F)(F)Sc1cc(-c2ccc(Cl)cc2)[nH]c1C(F)(F)F. The molecule has 1 nitrogen and oxygen atoms in total. The average molecular weight is 346 g/mol. The molecular weight excluding hydrogens is 340 g/mol. The van der Waals surface area contributed by atoms with E-state index in [0.29, 0.717) is 10.6 Å². The van der Waals surface area contributed by atoms with E-state index in [1.165, 1.54) is 24.3 Å². The highest BCUT2D eigenvalue weighted by Gasteiger charge is 2.40. The van der Waals surface area contributed by atoms with Gasteiger partial charge in [-0.1, -0.05) is 23.7 Å². The van der Waals surface area contributed by atoms with Gasteiger partial charge in [-0.2, -0.15) is 26.3 Å². The molecule has 21 heavy (non-hydrogen) atoms. The zero-order valence-electron chi connectivity index (χ0n) is 9.94. The molecule has 1 aromatic heterocycles. The molecule has 0 fully saturated rings. The molecule has 1 aromatic carbocycles. The molecule has 0 amide bonds. The van der Waals surface area contributed by atoms with Gasteiger partial charge in [0, 0.05) is 15.6 Å². The molecule has 0 spiro atoms. The van der Waals surface area contributed by atoms with Crippen LogP contribution in [0.25, 0.3) is 11.3 Å². The third-order valence-corrected chi connectivity index (χ3v) is 3.47. The van der Waals surface area contributed by atoms with Crippen LogP contribution in [0.15, 0.2) is 35.2 Å². The van der Waals surface area contributed by atoms with E-state index >= 15 is 0 Å². The summed E-state index contributed by atoms with van der Waals surface area (Å²) in [5.74, 6) is 0. The summed E-state index contributed by atoms with van der Waals surface area (Å²) in [6, 6.07) is 6.51. The van der Waals surface area contributed by atoms with Gasteiger partial charge < -0.3 is 4.98 Å². The second kappa shape index (κ2) is 5.49. The fourth-order valence-corrected chi connectivity index (χ4v) is 2.46. The second-order valence-corrected chi connectivity index (χ2v) is 5.52. The van der Waals surface area contributed by atoms with Gasteiger partial charge in [0.15, 0.2) is 0 Å². The van der Waals surface area contributed by atoms with Crippen LogP contribution in [0.1, 0.15) is 5.69 Å². The lowest BCUT2D eigenvalue weighted by molar-refractivity contribution is -0.143. The lowest BCUT2D eigenvalue weighted by Crippen LogP contribution is -2.09. The van der Waals surface area contributed by atoms with Crippen molar-refractivity contribution in [2.75, 3.05) is 0 Å². The maximum Gasteiger partial charge on any atom is 0.446 e. The van der Waals surface area contributed by atoms with E-state index in [-0.39, 0.29) is 5.69 Å². The molecule has 0 unspecified atom stereocenters. The van der Waals surface area contributed by atoms with Crippen molar-refractivity contribution in [1.29, 1.82) is 0 Å². The van der Waals surface area contributed by atoms with Crippen LogP contribution in [0.4, 0.5) is 26.3 Å². The van der Waals surface area contributed by atoms with Crippen molar-refractivity contribution in [3.63, 3.8) is 0 Å². The van der Waals surface area contributed by atoms with Gasteiger partial charge in [0.1, 0.15) is 5.69 Å². The van der Waals surface area contributed by atoms with E-state index < -0.39 is 34.0 Å². The van der Waals surface area contributed by atoms with Crippen LogP contribution in [0.3, 0.4) is 0 Å². The van der Waals surface area contributed by atoms with Crippen molar-refractivity contribution >= 4 is 23.4 Å². The molecule has 0 radical (unpaired) electrons. The third-order valence-electron chi connectivity index (χ3n) is 2.45. The monoisotopic (exact) mass is 345 g/mol. The molecule has 1 heterocycles. The predicted molar refractivity (Wildman–Crippen MR) is 68.2 cm³/mol. The zero-order valence-corrected chi connectivity index (χ0v) is 11.5. The van der Waals surface area contributed by atoms with Crippen LogP contribution in [-0.2, 0) is 6.18 Å². The van der Waals surface area contributed by atoms with Crippen molar-refractivity contribution in [2.24, 2.45) is 0 Å². The normalized spacial score (nSPS) is 12.7. The standard InChI is InChI=1S/C12H6ClF6NS/c13-7-3-1-6(2-4-7)8-5-9(21-12(17,18)19)10(20-8)11(14,15)16/h1-5,20H. The van der Waals surface area contributed by atoms with Crippen molar-refractivity contribution < 1.29 is 26.3 Å². The quantitative estimate of drug-likeness (QED) is 0.524. The Hall–Kier alpha value is -1.28. The minimum atomic E-state index is -4.90. The van der Waals surface area contributed by atoms with Crippen molar-refractivity contribution in [2.45, 2.75) is 16.6 Å². The molecule has 0 aliphatic rings. The molecule has 0 bridgehead atoms. The Morgan fingerprint density at radius 2 is 1.52 bits per heavy atom. The van der Waals surface area contributed by atoms with Crippen LogP contribution in [0.5, 0.6) is 0 Å². The van der Waals surface area contributed by atoms with Crippen LogP contribution >= 0.6 is 23.4 Å². The smallest absolute Gasteiger partial charge is 0.350 e. The molecule has 9 heteroatoms. The molecule has 2 aromatic rings. The van der Waals surface area contributed by atoms with Gasteiger partial charge in [-0.3, -0.25) is 0 Å². The van der Waals surface area contributed by atoms with E-state index in [4.69, 9.17) is 11.6 Å². The summed E-state index contributed by atoms with van der Waals surface area (Å²) in [4.78, 5) is 1.07. The van der Waals surface area contributed by atoms with E-state index in [1.807, 2.05) is 4.98 Å². The lowest BCUT2D eigenvalue weighted by atomic mass is 10.2. The molecule has 0 saturated carbocycles. The van der Waals surface area contributed by atoms with Crippen molar-refractivity contribution in [1.82, 2.24) is 4.98 Å². The molecular formula is C12H6ClF6NS. The lowest BCUT2D eigenvalue weighted by Gasteiger charge is -2.08. The summed E-state index contributed by atoms with van der Waals surface area (Å²) in [6.45, 7) is 0. The maximum atomic E-state index is 12.8. The second-order valence-electron chi connectivity index (χ2n) is 3.97. The minimum Gasteiger partial charge on any atom is -0.350 e. The molecule has 1 N–H and O–H groups in total. The Balaban J connectivity index is 2.47. The first-order valence-electron chi connectivity index (χ1n) is 5.38. The van der Waals surface area contributed by atoms with Crippen LogP contribution in [-0.4, -0.2) is 10.5 Å². The average Bonchev–Trinajstić information content (AvgIpc) is 2.71. The number of halogens is 7. The van der Waals surface area contributed by atoms with Crippen LogP contribution < -0.4 is 0 Å². The molecule has 0 aliphatic heterocycles. The van der Waals surface area contributed by atoms with E-state index in [2.05, 4.69) is 0 Å². The van der Waals surface area contributed by atoms with Gasteiger partial charge in [-0.25, -0.2) is 0 Å². The Morgan fingerprint density at radius 1 is 0.952 bits per heavy atom. The number of thioether (sulfide) groups is 1. The van der Waals surface area contributed by atoms with Crippen LogP contribution in [0.2, 0.25) is 5.02 Å². The molecule has 0 aliphatic carbocycles. The van der Waals surface area contributed by atoms with Crippen molar-refractivity contribution in [3.8, 4) is 11.3 Å². The van der Waals surface area contributed by atoms with Gasteiger partial charge in [-0.15, -0.1) is 0 Å². The Labute approximate surface area is 124 Å². The fraction of sp³-hybridized carbons (Fsp3) is 0.167. The number of nitrogens with one attached hydrogen (secondary N) is 1. The Kier molecular flexibility index (Phi) is 4.21. The fourth-order valence-electron chi connectivity index (χ4n) is 1.64. The zero-order chi connectivity index (χ0) is 15.8. The van der Waals surface area contributed by atoms with E-state index in [1.54, 1.807) is 0 Å². The largest absolute Gasteiger partial charge is 0.446 e. The number of hydrogen-bond acceptors (Lipinski definition) is 1. The summed E-state index contributed by atoms with van der Waals surface area (Å²) in [7, 11) is 0. The topological polar surface area (TPSA) is 15.8 Å². The summed E-state index contributed by atoms with van der Waals surface area (Å²) in [6.07, 6.45) is -4.90.